The molecule has 0 bridgehead atoms. The summed E-state index contributed by atoms with van der Waals surface area (Å²) in [5.74, 6) is -3.93. The molecule has 1 aliphatic rings. The van der Waals surface area contributed by atoms with Gasteiger partial charge in [-0.05, 0) is 81.4 Å². The van der Waals surface area contributed by atoms with Crippen LogP contribution in [0.1, 0.15) is 36.8 Å². The average molecular weight is 517 g/mol. The highest BCUT2D eigenvalue weighted by Gasteiger charge is 2.40. The van der Waals surface area contributed by atoms with E-state index in [1.807, 2.05) is 36.2 Å². The van der Waals surface area contributed by atoms with Crippen molar-refractivity contribution < 1.29 is 32.5 Å². The Morgan fingerprint density at radius 2 is 1.92 bits per heavy atom. The standard InChI is InChI=1S/C28H31F3N2O4/c1-18-17-32-24-6-5-20(36-2)16-22(24)21(18)4-3-7-28(27(34)35)8-10-33(11-9-28)12-13-37-25-15-19(29)14-23(30)26(25)31/h5-6,14-17H,3-4,7-13H2,1-2H3,(H,34,35). The molecule has 6 nitrogen and oxygen atoms in total. The first-order valence-electron chi connectivity index (χ1n) is 12.4. The zero-order valence-corrected chi connectivity index (χ0v) is 21.0. The first kappa shape index (κ1) is 26.7. The van der Waals surface area contributed by atoms with Gasteiger partial charge < -0.3 is 14.6 Å². The van der Waals surface area contributed by atoms with Crippen molar-refractivity contribution in [3.8, 4) is 11.5 Å². The summed E-state index contributed by atoms with van der Waals surface area (Å²) < 4.78 is 51.1. The van der Waals surface area contributed by atoms with Gasteiger partial charge in [0.2, 0.25) is 5.82 Å². The molecule has 3 aromatic rings. The van der Waals surface area contributed by atoms with E-state index in [9.17, 15) is 23.1 Å². The Kier molecular flexibility index (Phi) is 8.22. The predicted octanol–water partition coefficient (Wildman–Crippen LogP) is 5.54. The van der Waals surface area contributed by atoms with Crippen molar-refractivity contribution in [2.45, 2.75) is 39.0 Å². The van der Waals surface area contributed by atoms with Gasteiger partial charge in [-0.3, -0.25) is 14.7 Å². The Balaban J connectivity index is 1.33. The van der Waals surface area contributed by atoms with E-state index in [0.29, 0.717) is 45.0 Å². The largest absolute Gasteiger partial charge is 0.497 e. The zero-order chi connectivity index (χ0) is 26.6. The van der Waals surface area contributed by atoms with E-state index in [4.69, 9.17) is 9.47 Å². The predicted molar refractivity (Wildman–Crippen MR) is 134 cm³/mol. The number of aromatic nitrogens is 1. The van der Waals surface area contributed by atoms with Crippen LogP contribution in [0.15, 0.2) is 36.5 Å². The van der Waals surface area contributed by atoms with Crippen LogP contribution in [-0.4, -0.2) is 54.3 Å². The van der Waals surface area contributed by atoms with Gasteiger partial charge in [0.05, 0.1) is 18.0 Å². The first-order valence-corrected chi connectivity index (χ1v) is 12.4. The van der Waals surface area contributed by atoms with Gasteiger partial charge in [-0.2, -0.15) is 4.39 Å². The molecule has 0 unspecified atom stereocenters. The number of likely N-dealkylation sites (tertiary alicyclic amines) is 1. The van der Waals surface area contributed by atoms with Crippen LogP contribution >= 0.6 is 0 Å². The number of carbonyl (C=O) groups is 1. The fourth-order valence-corrected chi connectivity index (χ4v) is 5.09. The number of carboxylic acids is 1. The smallest absolute Gasteiger partial charge is 0.309 e. The van der Waals surface area contributed by atoms with Crippen LogP contribution in [0.4, 0.5) is 13.2 Å². The number of methoxy groups -OCH3 is 1. The van der Waals surface area contributed by atoms with Crippen LogP contribution in [-0.2, 0) is 11.2 Å². The molecule has 1 saturated heterocycles. The molecule has 0 spiro atoms. The van der Waals surface area contributed by atoms with E-state index in [0.717, 1.165) is 46.7 Å². The number of pyridine rings is 1. The number of nitrogens with zero attached hydrogens (tertiary/aromatic N) is 2. The normalized spacial score (nSPS) is 15.6. The van der Waals surface area contributed by atoms with Crippen LogP contribution in [0.2, 0.25) is 0 Å². The van der Waals surface area contributed by atoms with Crippen LogP contribution in [0, 0.1) is 29.8 Å². The van der Waals surface area contributed by atoms with Crippen molar-refractivity contribution >= 4 is 16.9 Å². The SMILES string of the molecule is COc1ccc2ncc(C)c(CCCC3(C(=O)O)CCN(CCOc4cc(F)cc(F)c4F)CC3)c2c1. The number of halogens is 3. The third kappa shape index (κ3) is 5.98. The Bertz CT molecular complexity index is 1280. The van der Waals surface area contributed by atoms with Gasteiger partial charge in [0.15, 0.2) is 11.6 Å². The molecule has 37 heavy (non-hydrogen) atoms. The van der Waals surface area contributed by atoms with E-state index in [1.54, 1.807) is 7.11 Å². The highest BCUT2D eigenvalue weighted by atomic mass is 19.2. The summed E-state index contributed by atoms with van der Waals surface area (Å²) in [6.07, 6.45) is 4.82. The third-order valence-electron chi connectivity index (χ3n) is 7.38. The number of carboxylic acid groups (broad SMARTS) is 1. The van der Waals surface area contributed by atoms with E-state index in [1.165, 1.54) is 0 Å². The summed E-state index contributed by atoms with van der Waals surface area (Å²) >= 11 is 0. The number of fused-ring (bicyclic) bond motifs is 1. The second kappa shape index (κ2) is 11.4. The van der Waals surface area contributed by atoms with Crippen LogP contribution in [0.3, 0.4) is 0 Å². The molecule has 198 valence electrons. The number of hydrogen-bond acceptors (Lipinski definition) is 5. The summed E-state index contributed by atoms with van der Waals surface area (Å²) in [6.45, 7) is 3.54. The second-order valence-electron chi connectivity index (χ2n) is 9.63. The molecule has 9 heteroatoms. The van der Waals surface area contributed by atoms with Crippen LogP contribution < -0.4 is 9.47 Å². The maximum Gasteiger partial charge on any atom is 0.309 e. The number of rotatable bonds is 10. The quantitative estimate of drug-likeness (QED) is 0.357. The zero-order valence-electron chi connectivity index (χ0n) is 21.0. The van der Waals surface area contributed by atoms with E-state index < -0.39 is 34.6 Å². The molecule has 1 N–H and O–H groups in total. The molecule has 2 heterocycles. The van der Waals surface area contributed by atoms with Crippen molar-refractivity contribution in [2.75, 3.05) is 33.4 Å². The van der Waals surface area contributed by atoms with E-state index in [-0.39, 0.29) is 6.61 Å². The number of ether oxygens (including phenoxy) is 2. The Morgan fingerprint density at radius 3 is 2.62 bits per heavy atom. The minimum atomic E-state index is -1.30. The number of hydrogen-bond donors (Lipinski definition) is 1. The summed E-state index contributed by atoms with van der Waals surface area (Å²) in [4.78, 5) is 18.8. The number of aliphatic carboxylic acids is 1. The molecule has 0 aliphatic carbocycles. The lowest BCUT2D eigenvalue weighted by Gasteiger charge is -2.39. The van der Waals surface area contributed by atoms with Crippen molar-refractivity contribution in [1.29, 1.82) is 0 Å². The van der Waals surface area contributed by atoms with Gasteiger partial charge in [-0.15, -0.1) is 0 Å². The fraction of sp³-hybridized carbons (Fsp3) is 0.429. The monoisotopic (exact) mass is 516 g/mol. The number of benzene rings is 2. The maximum atomic E-state index is 13.8. The van der Waals surface area contributed by atoms with Crippen LogP contribution in [0.25, 0.3) is 10.9 Å². The summed E-state index contributed by atoms with van der Waals surface area (Å²) in [7, 11) is 1.62. The second-order valence-corrected chi connectivity index (χ2v) is 9.63. The van der Waals surface area contributed by atoms with Gasteiger partial charge in [0, 0.05) is 30.3 Å². The Morgan fingerprint density at radius 1 is 1.16 bits per heavy atom. The minimum Gasteiger partial charge on any atom is -0.497 e. The molecule has 1 fully saturated rings. The Hall–Kier alpha value is -3.33. The molecule has 0 amide bonds. The molecule has 1 aromatic heterocycles. The summed E-state index contributed by atoms with van der Waals surface area (Å²) in [5, 5.41) is 11.1. The van der Waals surface area contributed by atoms with Crippen LogP contribution in [0.5, 0.6) is 11.5 Å². The lowest BCUT2D eigenvalue weighted by molar-refractivity contribution is -0.152. The van der Waals surface area contributed by atoms with Gasteiger partial charge in [0.1, 0.15) is 18.2 Å². The van der Waals surface area contributed by atoms with Gasteiger partial charge in [0.25, 0.3) is 0 Å². The molecule has 2 aromatic carbocycles. The number of aryl methyl sites for hydroxylation is 2. The third-order valence-corrected chi connectivity index (χ3v) is 7.38. The first-order chi connectivity index (χ1) is 17.7. The van der Waals surface area contributed by atoms with Gasteiger partial charge in [-0.1, -0.05) is 0 Å². The van der Waals surface area contributed by atoms with Crippen molar-refractivity contribution in [2.24, 2.45) is 5.41 Å². The van der Waals surface area contributed by atoms with Crippen molar-refractivity contribution in [1.82, 2.24) is 9.88 Å². The van der Waals surface area contributed by atoms with Crippen molar-refractivity contribution in [3.05, 3.63) is 65.1 Å². The van der Waals surface area contributed by atoms with Crippen molar-refractivity contribution in [3.63, 3.8) is 0 Å². The molecule has 0 radical (unpaired) electrons. The maximum absolute atomic E-state index is 13.8. The highest BCUT2D eigenvalue weighted by Crippen LogP contribution is 2.38. The molecular formula is C28H31F3N2O4. The Labute approximate surface area is 214 Å². The molecule has 0 saturated carbocycles. The summed E-state index contributed by atoms with van der Waals surface area (Å²) in [5.41, 5.74) is 2.28. The highest BCUT2D eigenvalue weighted by molar-refractivity contribution is 5.84. The lowest BCUT2D eigenvalue weighted by atomic mass is 9.74. The molecule has 1 aliphatic heterocycles. The number of piperidine rings is 1. The molecule has 4 rings (SSSR count). The lowest BCUT2D eigenvalue weighted by Crippen LogP contribution is -2.45. The van der Waals surface area contributed by atoms with E-state index in [2.05, 4.69) is 4.98 Å². The van der Waals surface area contributed by atoms with Gasteiger partial charge >= 0.3 is 5.97 Å². The molecule has 0 atom stereocenters. The fourth-order valence-electron chi connectivity index (χ4n) is 5.09. The van der Waals surface area contributed by atoms with Gasteiger partial charge in [-0.25, -0.2) is 8.78 Å². The topological polar surface area (TPSA) is 71.9 Å². The summed E-state index contributed by atoms with van der Waals surface area (Å²) in [6, 6.07) is 7.05. The molecular weight excluding hydrogens is 485 g/mol. The van der Waals surface area contributed by atoms with E-state index >= 15 is 0 Å². The minimum absolute atomic E-state index is 0.0394. The average Bonchev–Trinajstić information content (AvgIpc) is 2.88.